The number of aliphatic carboxylic acids is 1. The molecule has 0 spiro atoms. The Bertz CT molecular complexity index is 1460. The number of halogens is 1. The Morgan fingerprint density at radius 2 is 1.81 bits per heavy atom. The van der Waals surface area contributed by atoms with E-state index in [1.807, 2.05) is 63.2 Å². The Labute approximate surface area is 209 Å². The molecule has 1 atom stereocenters. The first-order valence-corrected chi connectivity index (χ1v) is 11.8. The highest BCUT2D eigenvalue weighted by molar-refractivity contribution is 6.01. The van der Waals surface area contributed by atoms with Gasteiger partial charge in [-0.2, -0.15) is 0 Å². The number of carbonyl (C=O) groups excluding carboxylic acids is 1. The zero-order chi connectivity index (χ0) is 26.0. The van der Waals surface area contributed by atoms with Crippen molar-refractivity contribution >= 4 is 22.8 Å². The second kappa shape index (κ2) is 10.2. The molecule has 36 heavy (non-hydrogen) atoms. The van der Waals surface area contributed by atoms with Gasteiger partial charge < -0.3 is 19.7 Å². The Balaban J connectivity index is 1.49. The standard InChI is InChI=1S/C29H29FN2O4/c1-17-14-24(11-8-20(17)9-13-27(33)34)36-23-7-5-6-21(15-23)19(3)31-29(35)28-18(2)25-16-22(30)10-12-26(25)32(28)4/h5-8,10-12,14-16,19H,9,13H2,1-4H3,(H,31,35)(H,33,34)/t19-/m1/s1. The van der Waals surface area contributed by atoms with Crippen LogP contribution in [0, 0.1) is 19.7 Å². The molecule has 1 aromatic heterocycles. The first-order valence-electron chi connectivity index (χ1n) is 11.8. The van der Waals surface area contributed by atoms with Crippen molar-refractivity contribution in [1.82, 2.24) is 9.88 Å². The van der Waals surface area contributed by atoms with E-state index in [2.05, 4.69) is 5.32 Å². The molecule has 2 N–H and O–H groups in total. The summed E-state index contributed by atoms with van der Waals surface area (Å²) < 4.78 is 21.6. The maximum absolute atomic E-state index is 13.7. The second-order valence-corrected chi connectivity index (χ2v) is 9.05. The number of carboxylic acids is 1. The Morgan fingerprint density at radius 1 is 1.06 bits per heavy atom. The summed E-state index contributed by atoms with van der Waals surface area (Å²) in [4.78, 5) is 24.0. The SMILES string of the molecule is Cc1cc(Oc2cccc([C@@H](C)NC(=O)c3c(C)c4cc(F)ccc4n3C)c2)ccc1CCC(=O)O. The van der Waals surface area contributed by atoms with Crippen molar-refractivity contribution in [3.05, 3.63) is 94.4 Å². The van der Waals surface area contributed by atoms with E-state index in [0.717, 1.165) is 33.2 Å². The van der Waals surface area contributed by atoms with Crippen molar-refractivity contribution in [2.45, 2.75) is 39.7 Å². The summed E-state index contributed by atoms with van der Waals surface area (Å²) in [5, 5.41) is 12.7. The molecule has 0 saturated carbocycles. The number of aromatic nitrogens is 1. The van der Waals surface area contributed by atoms with Crippen LogP contribution in [0.1, 0.15) is 52.1 Å². The molecule has 4 aromatic rings. The van der Waals surface area contributed by atoms with E-state index in [1.165, 1.54) is 12.1 Å². The van der Waals surface area contributed by atoms with E-state index in [-0.39, 0.29) is 24.2 Å². The van der Waals surface area contributed by atoms with E-state index in [9.17, 15) is 14.0 Å². The zero-order valence-electron chi connectivity index (χ0n) is 20.8. The van der Waals surface area contributed by atoms with Gasteiger partial charge in [-0.1, -0.05) is 18.2 Å². The van der Waals surface area contributed by atoms with Gasteiger partial charge in [-0.05, 0) is 91.9 Å². The quantitative estimate of drug-likeness (QED) is 0.308. The number of amides is 1. The van der Waals surface area contributed by atoms with Crippen molar-refractivity contribution in [2.75, 3.05) is 0 Å². The van der Waals surface area contributed by atoms with Crippen molar-refractivity contribution in [3.63, 3.8) is 0 Å². The number of rotatable bonds is 8. The molecule has 0 saturated heterocycles. The number of hydrogen-bond acceptors (Lipinski definition) is 3. The average Bonchev–Trinajstić information content (AvgIpc) is 3.07. The lowest BCUT2D eigenvalue weighted by Gasteiger charge is -2.17. The Hall–Kier alpha value is -4.13. The number of benzene rings is 3. The van der Waals surface area contributed by atoms with Crippen LogP contribution in [0.15, 0.2) is 60.7 Å². The maximum atomic E-state index is 13.7. The molecule has 7 heteroatoms. The number of fused-ring (bicyclic) bond motifs is 1. The topological polar surface area (TPSA) is 80.6 Å². The van der Waals surface area contributed by atoms with E-state index >= 15 is 0 Å². The lowest BCUT2D eigenvalue weighted by molar-refractivity contribution is -0.136. The molecule has 0 aliphatic heterocycles. The van der Waals surface area contributed by atoms with Crippen molar-refractivity contribution in [3.8, 4) is 11.5 Å². The van der Waals surface area contributed by atoms with E-state index in [4.69, 9.17) is 9.84 Å². The van der Waals surface area contributed by atoms with Gasteiger partial charge >= 0.3 is 5.97 Å². The van der Waals surface area contributed by atoms with Crippen LogP contribution < -0.4 is 10.1 Å². The zero-order valence-corrected chi connectivity index (χ0v) is 20.8. The fraction of sp³-hybridized carbons (Fsp3) is 0.241. The summed E-state index contributed by atoms with van der Waals surface area (Å²) in [5.74, 6) is -0.116. The van der Waals surface area contributed by atoms with Gasteiger partial charge in [-0.25, -0.2) is 4.39 Å². The highest BCUT2D eigenvalue weighted by Crippen LogP contribution is 2.28. The van der Waals surface area contributed by atoms with E-state index < -0.39 is 5.97 Å². The summed E-state index contributed by atoms with van der Waals surface area (Å²) in [5.41, 5.74) is 4.84. The molecular formula is C29H29FN2O4. The summed E-state index contributed by atoms with van der Waals surface area (Å²) in [7, 11) is 1.80. The number of hydrogen-bond donors (Lipinski definition) is 2. The lowest BCUT2D eigenvalue weighted by atomic mass is 10.0. The third kappa shape index (κ3) is 5.25. The molecule has 0 fully saturated rings. The van der Waals surface area contributed by atoms with Crippen LogP contribution >= 0.6 is 0 Å². The van der Waals surface area contributed by atoms with Crippen LogP contribution in [-0.2, 0) is 18.3 Å². The minimum atomic E-state index is -0.822. The fourth-order valence-corrected chi connectivity index (χ4v) is 4.51. The number of nitrogens with one attached hydrogen (secondary N) is 1. The fourth-order valence-electron chi connectivity index (χ4n) is 4.51. The predicted molar refractivity (Wildman–Crippen MR) is 137 cm³/mol. The average molecular weight is 489 g/mol. The highest BCUT2D eigenvalue weighted by Gasteiger charge is 2.21. The minimum Gasteiger partial charge on any atom is -0.481 e. The maximum Gasteiger partial charge on any atom is 0.303 e. The number of ether oxygens (including phenoxy) is 1. The summed E-state index contributed by atoms with van der Waals surface area (Å²) in [6.07, 6.45) is 0.557. The van der Waals surface area contributed by atoms with Crippen LogP contribution in [0.2, 0.25) is 0 Å². The smallest absolute Gasteiger partial charge is 0.303 e. The lowest BCUT2D eigenvalue weighted by Crippen LogP contribution is -2.28. The molecule has 1 amide bonds. The van der Waals surface area contributed by atoms with Gasteiger partial charge in [0.05, 0.1) is 6.04 Å². The molecule has 0 radical (unpaired) electrons. The van der Waals surface area contributed by atoms with Gasteiger partial charge in [-0.15, -0.1) is 0 Å². The first kappa shape index (κ1) is 25.0. The Kier molecular flexibility index (Phi) is 7.10. The molecule has 0 aliphatic rings. The monoisotopic (exact) mass is 488 g/mol. The predicted octanol–water partition coefficient (Wildman–Crippen LogP) is 6.23. The van der Waals surface area contributed by atoms with Gasteiger partial charge in [-0.3, -0.25) is 9.59 Å². The highest BCUT2D eigenvalue weighted by atomic mass is 19.1. The summed E-state index contributed by atoms with van der Waals surface area (Å²) >= 11 is 0. The van der Waals surface area contributed by atoms with Crippen LogP contribution in [0.25, 0.3) is 10.9 Å². The molecule has 186 valence electrons. The van der Waals surface area contributed by atoms with Gasteiger partial charge in [0.2, 0.25) is 0 Å². The van der Waals surface area contributed by atoms with E-state index in [1.54, 1.807) is 17.7 Å². The second-order valence-electron chi connectivity index (χ2n) is 9.05. The summed E-state index contributed by atoms with van der Waals surface area (Å²) in [6.45, 7) is 5.66. The van der Waals surface area contributed by atoms with Crippen molar-refractivity contribution < 1.29 is 23.8 Å². The van der Waals surface area contributed by atoms with Gasteiger partial charge in [0.25, 0.3) is 5.91 Å². The van der Waals surface area contributed by atoms with Gasteiger partial charge in [0.15, 0.2) is 0 Å². The number of carbonyl (C=O) groups is 2. The molecule has 0 bridgehead atoms. The summed E-state index contributed by atoms with van der Waals surface area (Å²) in [6, 6.07) is 17.3. The van der Waals surface area contributed by atoms with Crippen molar-refractivity contribution in [2.24, 2.45) is 7.05 Å². The molecule has 0 unspecified atom stereocenters. The van der Waals surface area contributed by atoms with Crippen LogP contribution in [0.3, 0.4) is 0 Å². The minimum absolute atomic E-state index is 0.0852. The Morgan fingerprint density at radius 3 is 2.53 bits per heavy atom. The third-order valence-electron chi connectivity index (χ3n) is 6.49. The van der Waals surface area contributed by atoms with Gasteiger partial charge in [0, 0.05) is 24.4 Å². The molecule has 1 heterocycles. The molecule has 0 aliphatic carbocycles. The largest absolute Gasteiger partial charge is 0.481 e. The van der Waals surface area contributed by atoms with Crippen LogP contribution in [0.5, 0.6) is 11.5 Å². The van der Waals surface area contributed by atoms with E-state index in [0.29, 0.717) is 23.6 Å². The normalized spacial score (nSPS) is 11.9. The van der Waals surface area contributed by atoms with Gasteiger partial charge in [0.1, 0.15) is 23.0 Å². The third-order valence-corrected chi connectivity index (χ3v) is 6.49. The number of aryl methyl sites for hydroxylation is 4. The number of carboxylic acid groups (broad SMARTS) is 1. The number of nitrogens with zero attached hydrogens (tertiary/aromatic N) is 1. The molecule has 4 rings (SSSR count). The molecular weight excluding hydrogens is 459 g/mol. The van der Waals surface area contributed by atoms with Crippen molar-refractivity contribution in [1.29, 1.82) is 0 Å². The molecule has 6 nitrogen and oxygen atoms in total. The first-order chi connectivity index (χ1) is 17.1. The molecule has 3 aromatic carbocycles. The van der Waals surface area contributed by atoms with Crippen LogP contribution in [0.4, 0.5) is 4.39 Å². The van der Waals surface area contributed by atoms with Crippen LogP contribution in [-0.4, -0.2) is 21.6 Å².